The molecule has 3 heterocycles. The largest absolute Gasteiger partial charge is 0.474 e. The van der Waals surface area contributed by atoms with Crippen LogP contribution >= 0.6 is 11.6 Å². The molecule has 0 unspecified atom stereocenters. The summed E-state index contributed by atoms with van der Waals surface area (Å²) in [6.45, 7) is 3.82. The van der Waals surface area contributed by atoms with Gasteiger partial charge in [-0.05, 0) is 61.9 Å². The Morgan fingerprint density at radius 2 is 1.94 bits per heavy atom. The zero-order chi connectivity index (χ0) is 23.7. The van der Waals surface area contributed by atoms with Gasteiger partial charge >= 0.3 is 0 Å². The number of halogens is 1. The van der Waals surface area contributed by atoms with Crippen LogP contribution in [0.25, 0.3) is 5.69 Å². The molecule has 1 saturated carbocycles. The molecule has 1 aliphatic carbocycles. The number of carbonyl (C=O) groups is 1. The van der Waals surface area contributed by atoms with Crippen molar-refractivity contribution in [1.29, 1.82) is 0 Å². The zero-order valence-electron chi connectivity index (χ0n) is 19.6. The fourth-order valence-corrected chi connectivity index (χ4v) is 5.17. The lowest BCUT2D eigenvalue weighted by Crippen LogP contribution is -2.40. The number of amides is 1. The molecule has 0 bridgehead atoms. The van der Waals surface area contributed by atoms with Gasteiger partial charge in [0.2, 0.25) is 11.8 Å². The van der Waals surface area contributed by atoms with Crippen LogP contribution in [-0.4, -0.2) is 37.8 Å². The van der Waals surface area contributed by atoms with E-state index in [1.54, 1.807) is 6.20 Å². The van der Waals surface area contributed by atoms with E-state index in [4.69, 9.17) is 16.3 Å². The van der Waals surface area contributed by atoms with Crippen molar-refractivity contribution in [1.82, 2.24) is 25.1 Å². The first-order valence-electron chi connectivity index (χ1n) is 12.1. The van der Waals surface area contributed by atoms with Crippen molar-refractivity contribution < 1.29 is 9.53 Å². The second kappa shape index (κ2) is 9.74. The van der Waals surface area contributed by atoms with Gasteiger partial charge in [-0.15, -0.1) is 10.2 Å². The van der Waals surface area contributed by atoms with E-state index < -0.39 is 0 Å². The van der Waals surface area contributed by atoms with Crippen LogP contribution in [0.3, 0.4) is 0 Å². The van der Waals surface area contributed by atoms with Crippen molar-refractivity contribution in [2.75, 3.05) is 0 Å². The summed E-state index contributed by atoms with van der Waals surface area (Å²) in [6, 6.07) is 11.7. The summed E-state index contributed by atoms with van der Waals surface area (Å²) in [4.78, 5) is 16.7. The fourth-order valence-electron chi connectivity index (χ4n) is 4.98. The van der Waals surface area contributed by atoms with E-state index in [1.165, 1.54) is 0 Å². The Morgan fingerprint density at radius 1 is 1.12 bits per heavy atom. The van der Waals surface area contributed by atoms with Crippen LogP contribution in [0.4, 0.5) is 0 Å². The van der Waals surface area contributed by atoms with Crippen LogP contribution in [-0.2, 0) is 17.6 Å². The molecule has 8 heteroatoms. The smallest absolute Gasteiger partial charge is 0.222 e. The SMILES string of the molecule is CC(C)C(=O)N[C@@H]1Cc2cc(Cl)ccc2-n2c(nnc2[C@H]2CC[C@H](Oc3ccccn3)CC2)C1. The molecule has 3 aromatic rings. The van der Waals surface area contributed by atoms with Crippen molar-refractivity contribution in [3.8, 4) is 11.6 Å². The first-order valence-corrected chi connectivity index (χ1v) is 12.5. The highest BCUT2D eigenvalue weighted by molar-refractivity contribution is 6.30. The molecule has 1 aliphatic heterocycles. The van der Waals surface area contributed by atoms with Gasteiger partial charge in [-0.1, -0.05) is 31.5 Å². The fraction of sp³-hybridized carbons (Fsp3) is 0.462. The summed E-state index contributed by atoms with van der Waals surface area (Å²) < 4.78 is 8.29. The van der Waals surface area contributed by atoms with Crippen LogP contribution < -0.4 is 10.1 Å². The number of nitrogens with zero attached hydrogens (tertiary/aromatic N) is 4. The molecule has 1 fully saturated rings. The molecule has 178 valence electrons. The van der Waals surface area contributed by atoms with Gasteiger partial charge in [0.15, 0.2) is 0 Å². The minimum absolute atomic E-state index is 0.0482. The molecule has 1 amide bonds. The van der Waals surface area contributed by atoms with E-state index in [2.05, 4.69) is 31.1 Å². The first kappa shape index (κ1) is 22.8. The lowest BCUT2D eigenvalue weighted by molar-refractivity contribution is -0.124. The highest BCUT2D eigenvalue weighted by Crippen LogP contribution is 2.37. The molecule has 0 saturated heterocycles. The lowest BCUT2D eigenvalue weighted by atomic mass is 9.86. The van der Waals surface area contributed by atoms with E-state index >= 15 is 0 Å². The van der Waals surface area contributed by atoms with Crippen molar-refractivity contribution in [3.05, 3.63) is 64.8 Å². The molecule has 1 N–H and O–H groups in total. The zero-order valence-corrected chi connectivity index (χ0v) is 20.3. The number of nitrogens with one attached hydrogen (secondary N) is 1. The molecule has 0 spiro atoms. The molecule has 34 heavy (non-hydrogen) atoms. The van der Waals surface area contributed by atoms with Crippen molar-refractivity contribution in [2.45, 2.75) is 70.4 Å². The summed E-state index contributed by atoms with van der Waals surface area (Å²) in [5.41, 5.74) is 2.17. The normalized spacial score (nSPS) is 21.9. The van der Waals surface area contributed by atoms with Gasteiger partial charge in [-0.25, -0.2) is 4.98 Å². The maximum Gasteiger partial charge on any atom is 0.222 e. The maximum atomic E-state index is 12.4. The Kier molecular flexibility index (Phi) is 6.55. The summed E-state index contributed by atoms with van der Waals surface area (Å²) >= 11 is 6.36. The second-order valence-electron chi connectivity index (χ2n) is 9.61. The number of hydrogen-bond donors (Lipinski definition) is 1. The third kappa shape index (κ3) is 4.80. The molecule has 2 aliphatic rings. The van der Waals surface area contributed by atoms with Gasteiger partial charge in [0.05, 0.1) is 5.69 Å². The van der Waals surface area contributed by atoms with Crippen molar-refractivity contribution in [3.63, 3.8) is 0 Å². The van der Waals surface area contributed by atoms with Crippen LogP contribution in [0.5, 0.6) is 5.88 Å². The summed E-state index contributed by atoms with van der Waals surface area (Å²) in [5, 5.41) is 13.1. The topological polar surface area (TPSA) is 81.9 Å². The number of fused-ring (bicyclic) bond motifs is 3. The Morgan fingerprint density at radius 3 is 2.68 bits per heavy atom. The Labute approximate surface area is 204 Å². The van der Waals surface area contributed by atoms with Crippen molar-refractivity contribution >= 4 is 17.5 Å². The minimum atomic E-state index is -0.0704. The number of rotatable bonds is 5. The van der Waals surface area contributed by atoms with Gasteiger partial charge in [0.25, 0.3) is 0 Å². The first-order chi connectivity index (χ1) is 16.5. The molecule has 0 radical (unpaired) electrons. The lowest BCUT2D eigenvalue weighted by Gasteiger charge is -2.28. The molecular formula is C26H30ClN5O2. The average molecular weight is 480 g/mol. The average Bonchev–Trinajstić information content (AvgIpc) is 3.17. The molecule has 7 nitrogen and oxygen atoms in total. The number of aromatic nitrogens is 4. The minimum Gasteiger partial charge on any atom is -0.474 e. The predicted octanol–water partition coefficient (Wildman–Crippen LogP) is 4.66. The number of ether oxygens (including phenoxy) is 1. The third-order valence-electron chi connectivity index (χ3n) is 6.77. The Hall–Kier alpha value is -2.93. The highest BCUT2D eigenvalue weighted by Gasteiger charge is 2.32. The number of carbonyl (C=O) groups excluding carboxylic acids is 1. The number of hydrogen-bond acceptors (Lipinski definition) is 5. The van der Waals surface area contributed by atoms with E-state index in [0.717, 1.165) is 48.6 Å². The molecular weight excluding hydrogens is 450 g/mol. The van der Waals surface area contributed by atoms with E-state index in [0.29, 0.717) is 29.7 Å². The van der Waals surface area contributed by atoms with E-state index in [-0.39, 0.29) is 24.0 Å². The van der Waals surface area contributed by atoms with Gasteiger partial charge in [-0.2, -0.15) is 0 Å². The second-order valence-corrected chi connectivity index (χ2v) is 10.0. The van der Waals surface area contributed by atoms with Crippen LogP contribution in [0.1, 0.15) is 62.7 Å². The molecule has 1 aromatic carbocycles. The quantitative estimate of drug-likeness (QED) is 0.575. The predicted molar refractivity (Wildman–Crippen MR) is 130 cm³/mol. The van der Waals surface area contributed by atoms with Gasteiger partial charge in [0, 0.05) is 41.6 Å². The molecule has 2 aromatic heterocycles. The summed E-state index contributed by atoms with van der Waals surface area (Å²) in [6.07, 6.45) is 7.12. The standard InChI is InChI=1S/C26H30ClN5O2/c1-16(2)26(33)29-20-14-18-13-19(27)8-11-22(18)32-23(15-20)30-31-25(32)17-6-9-21(10-7-17)34-24-5-3-4-12-28-24/h3-5,8,11-13,16-17,20-21H,6-7,9-10,14-15H2,1-2H3,(H,29,33)/t17-,20-,21-/m1/s1. The Bertz CT molecular complexity index is 1160. The van der Waals surface area contributed by atoms with Crippen LogP contribution in [0.15, 0.2) is 42.6 Å². The van der Waals surface area contributed by atoms with Gasteiger partial charge < -0.3 is 10.1 Å². The third-order valence-corrected chi connectivity index (χ3v) is 7.00. The van der Waals surface area contributed by atoms with Gasteiger partial charge in [-0.3, -0.25) is 9.36 Å². The maximum absolute atomic E-state index is 12.4. The van der Waals surface area contributed by atoms with Gasteiger partial charge in [0.1, 0.15) is 17.8 Å². The van der Waals surface area contributed by atoms with Crippen molar-refractivity contribution in [2.24, 2.45) is 5.92 Å². The van der Waals surface area contributed by atoms with E-state index in [1.807, 2.05) is 44.2 Å². The summed E-state index contributed by atoms with van der Waals surface area (Å²) in [7, 11) is 0. The van der Waals surface area contributed by atoms with Crippen LogP contribution in [0.2, 0.25) is 5.02 Å². The Balaban J connectivity index is 1.38. The van der Waals surface area contributed by atoms with Crippen LogP contribution in [0, 0.1) is 5.92 Å². The number of benzene rings is 1. The number of pyridine rings is 1. The summed E-state index contributed by atoms with van der Waals surface area (Å²) in [5.74, 6) is 2.84. The molecule has 1 atom stereocenters. The highest BCUT2D eigenvalue weighted by atomic mass is 35.5. The molecule has 5 rings (SSSR count). The van der Waals surface area contributed by atoms with E-state index in [9.17, 15) is 4.79 Å². The monoisotopic (exact) mass is 479 g/mol.